The van der Waals surface area contributed by atoms with Gasteiger partial charge in [-0.25, -0.2) is 0 Å². The minimum Gasteiger partial charge on any atom is -0.395 e. The lowest BCUT2D eigenvalue weighted by molar-refractivity contribution is -0.0317. The molecule has 4 nitrogen and oxygen atoms in total. The first-order chi connectivity index (χ1) is 7.79. The number of pyridine rings is 1. The Labute approximate surface area is 99.8 Å². The highest BCUT2D eigenvalue weighted by atomic mass is 35.5. The molecule has 0 bridgehead atoms. The Morgan fingerprint density at radius 2 is 2.50 bits per heavy atom. The Morgan fingerprint density at radius 3 is 3.25 bits per heavy atom. The first-order valence-electron chi connectivity index (χ1n) is 5.32. The third-order valence-corrected chi connectivity index (χ3v) is 2.94. The maximum Gasteiger partial charge on any atom is 0.0645 e. The zero-order valence-corrected chi connectivity index (χ0v) is 9.73. The molecule has 0 aliphatic carbocycles. The van der Waals surface area contributed by atoms with Gasteiger partial charge >= 0.3 is 0 Å². The van der Waals surface area contributed by atoms with Gasteiger partial charge in [-0.3, -0.25) is 9.88 Å². The summed E-state index contributed by atoms with van der Waals surface area (Å²) < 4.78 is 5.32. The van der Waals surface area contributed by atoms with Crippen molar-refractivity contribution in [1.29, 1.82) is 0 Å². The number of ether oxygens (including phenoxy) is 1. The van der Waals surface area contributed by atoms with Crippen molar-refractivity contribution in [3.05, 3.63) is 29.0 Å². The van der Waals surface area contributed by atoms with Crippen LogP contribution in [0.5, 0.6) is 0 Å². The topological polar surface area (TPSA) is 45.6 Å². The van der Waals surface area contributed by atoms with Crippen molar-refractivity contribution in [3.8, 4) is 0 Å². The molecule has 1 aromatic heterocycles. The maximum atomic E-state index is 9.23. The van der Waals surface area contributed by atoms with Gasteiger partial charge in [0, 0.05) is 24.3 Å². The molecule has 0 spiro atoms. The molecule has 5 heteroatoms. The number of morpholine rings is 1. The molecule has 88 valence electrons. The summed E-state index contributed by atoms with van der Waals surface area (Å²) in [5.41, 5.74) is 0.924. The van der Waals surface area contributed by atoms with Crippen LogP contribution < -0.4 is 0 Å². The van der Waals surface area contributed by atoms with Crippen molar-refractivity contribution in [3.63, 3.8) is 0 Å². The first-order valence-corrected chi connectivity index (χ1v) is 5.70. The molecule has 2 heterocycles. The predicted molar refractivity (Wildman–Crippen MR) is 61.3 cm³/mol. The molecule has 1 saturated heterocycles. The maximum absolute atomic E-state index is 9.23. The minimum atomic E-state index is 0.0644. The van der Waals surface area contributed by atoms with Gasteiger partial charge in [-0.15, -0.1) is 0 Å². The average Bonchev–Trinajstić information content (AvgIpc) is 2.30. The van der Waals surface area contributed by atoms with Crippen LogP contribution in [0.15, 0.2) is 18.3 Å². The first kappa shape index (κ1) is 11.8. The van der Waals surface area contributed by atoms with Gasteiger partial charge in [0.2, 0.25) is 0 Å². The summed E-state index contributed by atoms with van der Waals surface area (Å²) in [5, 5.41) is 9.92. The zero-order valence-electron chi connectivity index (χ0n) is 8.97. The van der Waals surface area contributed by atoms with E-state index in [4.69, 9.17) is 16.3 Å². The summed E-state index contributed by atoms with van der Waals surface area (Å²) >= 11 is 5.90. The summed E-state index contributed by atoms with van der Waals surface area (Å²) in [6, 6.07) is 3.67. The van der Waals surface area contributed by atoms with Crippen LogP contribution in [-0.4, -0.2) is 47.4 Å². The zero-order chi connectivity index (χ0) is 11.4. The molecule has 1 fully saturated rings. The van der Waals surface area contributed by atoms with E-state index in [1.807, 2.05) is 6.07 Å². The van der Waals surface area contributed by atoms with Crippen LogP contribution >= 0.6 is 11.6 Å². The monoisotopic (exact) mass is 242 g/mol. The molecule has 1 atom stereocenters. The molecular formula is C11H15ClN2O2. The summed E-state index contributed by atoms with van der Waals surface area (Å²) in [6.07, 6.45) is 1.70. The largest absolute Gasteiger partial charge is 0.395 e. The van der Waals surface area contributed by atoms with E-state index in [2.05, 4.69) is 9.88 Å². The van der Waals surface area contributed by atoms with Crippen molar-refractivity contribution in [1.82, 2.24) is 9.88 Å². The number of nitrogens with zero attached hydrogens (tertiary/aromatic N) is 2. The van der Waals surface area contributed by atoms with Crippen LogP contribution in [0, 0.1) is 0 Å². The van der Waals surface area contributed by atoms with Gasteiger partial charge in [-0.2, -0.15) is 0 Å². The number of rotatable bonds is 3. The molecule has 0 aromatic carbocycles. The fraction of sp³-hybridized carbons (Fsp3) is 0.545. The van der Waals surface area contributed by atoms with Crippen LogP contribution in [0.1, 0.15) is 5.69 Å². The van der Waals surface area contributed by atoms with Crippen molar-refractivity contribution in [2.45, 2.75) is 12.6 Å². The van der Waals surface area contributed by atoms with Crippen molar-refractivity contribution < 1.29 is 9.84 Å². The van der Waals surface area contributed by atoms with Gasteiger partial charge in [-0.1, -0.05) is 11.6 Å². The highest BCUT2D eigenvalue weighted by Gasteiger charge is 2.22. The fourth-order valence-corrected chi connectivity index (χ4v) is 1.99. The molecule has 16 heavy (non-hydrogen) atoms. The van der Waals surface area contributed by atoms with Crippen LogP contribution in [0.4, 0.5) is 0 Å². The van der Waals surface area contributed by atoms with Crippen molar-refractivity contribution in [2.75, 3.05) is 26.4 Å². The number of halogens is 1. The van der Waals surface area contributed by atoms with E-state index in [-0.39, 0.29) is 12.6 Å². The molecule has 1 aliphatic heterocycles. The van der Waals surface area contributed by atoms with E-state index in [0.717, 1.165) is 12.2 Å². The van der Waals surface area contributed by atoms with Gasteiger partial charge in [-0.05, 0) is 12.1 Å². The van der Waals surface area contributed by atoms with Gasteiger partial charge in [0.05, 0.1) is 31.6 Å². The second-order valence-corrected chi connectivity index (χ2v) is 4.28. The second kappa shape index (κ2) is 5.59. The van der Waals surface area contributed by atoms with Crippen LogP contribution in [0.25, 0.3) is 0 Å². The smallest absolute Gasteiger partial charge is 0.0645 e. The molecule has 1 aliphatic rings. The third kappa shape index (κ3) is 2.92. The van der Waals surface area contributed by atoms with E-state index >= 15 is 0 Å². The minimum absolute atomic E-state index is 0.0644. The number of hydrogen-bond acceptors (Lipinski definition) is 4. The quantitative estimate of drug-likeness (QED) is 0.857. The van der Waals surface area contributed by atoms with Crippen LogP contribution in [0.3, 0.4) is 0 Å². The number of aliphatic hydroxyl groups is 1. The van der Waals surface area contributed by atoms with Crippen molar-refractivity contribution in [2.24, 2.45) is 0 Å². The van der Waals surface area contributed by atoms with Crippen LogP contribution in [0.2, 0.25) is 5.02 Å². The van der Waals surface area contributed by atoms with E-state index in [0.29, 0.717) is 24.8 Å². The number of aliphatic hydroxyl groups excluding tert-OH is 1. The third-order valence-electron chi connectivity index (χ3n) is 2.70. The van der Waals surface area contributed by atoms with Crippen LogP contribution in [-0.2, 0) is 11.3 Å². The van der Waals surface area contributed by atoms with E-state index < -0.39 is 0 Å². The number of aromatic nitrogens is 1. The molecule has 2 rings (SSSR count). The number of hydrogen-bond donors (Lipinski definition) is 1. The molecule has 0 amide bonds. The Morgan fingerprint density at radius 1 is 1.62 bits per heavy atom. The molecule has 0 radical (unpaired) electrons. The second-order valence-electron chi connectivity index (χ2n) is 3.85. The SMILES string of the molecule is OCC1COCCN1Cc1cc(Cl)ccn1. The Bertz CT molecular complexity index is 349. The van der Waals surface area contributed by atoms with Gasteiger partial charge < -0.3 is 9.84 Å². The summed E-state index contributed by atoms with van der Waals surface area (Å²) in [5.74, 6) is 0. The van der Waals surface area contributed by atoms with Gasteiger partial charge in [0.15, 0.2) is 0 Å². The average molecular weight is 243 g/mol. The van der Waals surface area contributed by atoms with E-state index in [9.17, 15) is 5.11 Å². The summed E-state index contributed by atoms with van der Waals surface area (Å²) in [6.45, 7) is 2.92. The lowest BCUT2D eigenvalue weighted by Crippen LogP contribution is -2.46. The molecule has 1 N–H and O–H groups in total. The van der Waals surface area contributed by atoms with Gasteiger partial charge in [0.1, 0.15) is 0 Å². The fourth-order valence-electron chi connectivity index (χ4n) is 1.81. The molecule has 1 aromatic rings. The highest BCUT2D eigenvalue weighted by Crippen LogP contribution is 2.13. The summed E-state index contributed by atoms with van der Waals surface area (Å²) in [4.78, 5) is 6.42. The Kier molecular flexibility index (Phi) is 4.12. The molecule has 1 unspecified atom stereocenters. The highest BCUT2D eigenvalue weighted by molar-refractivity contribution is 6.30. The van der Waals surface area contributed by atoms with E-state index in [1.165, 1.54) is 0 Å². The standard InChI is InChI=1S/C11H15ClN2O2/c12-9-1-2-13-10(5-9)6-14-3-4-16-8-11(14)7-15/h1-2,5,11,15H,3-4,6-8H2. The Hall–Kier alpha value is -0.680. The summed E-state index contributed by atoms with van der Waals surface area (Å²) in [7, 11) is 0. The lowest BCUT2D eigenvalue weighted by atomic mass is 10.2. The Balaban J connectivity index is 2.02. The van der Waals surface area contributed by atoms with Crippen molar-refractivity contribution >= 4 is 11.6 Å². The predicted octanol–water partition coefficient (Wildman–Crippen LogP) is 0.928. The molecule has 0 saturated carbocycles. The lowest BCUT2D eigenvalue weighted by Gasteiger charge is -2.34. The molecular weight excluding hydrogens is 228 g/mol. The normalized spacial score (nSPS) is 22.2. The van der Waals surface area contributed by atoms with Gasteiger partial charge in [0.25, 0.3) is 0 Å². The van der Waals surface area contributed by atoms with E-state index in [1.54, 1.807) is 12.3 Å².